The summed E-state index contributed by atoms with van der Waals surface area (Å²) in [6, 6.07) is 4.05. The predicted molar refractivity (Wildman–Crippen MR) is 172 cm³/mol. The Morgan fingerprint density at radius 3 is 2.69 bits per heavy atom. The van der Waals surface area contributed by atoms with Gasteiger partial charge >= 0.3 is 0 Å². The van der Waals surface area contributed by atoms with Crippen molar-refractivity contribution in [2.45, 2.75) is 84.9 Å². The molecule has 3 aliphatic heterocycles. The van der Waals surface area contributed by atoms with Gasteiger partial charge in [0.2, 0.25) is 5.91 Å². The molecular formula is C33H45N5O6S. The molecule has 1 aromatic carbocycles. The zero-order valence-electron chi connectivity index (χ0n) is 26.8. The first-order valence-corrected chi connectivity index (χ1v) is 16.6. The van der Waals surface area contributed by atoms with Gasteiger partial charge in [0.25, 0.3) is 11.8 Å². The smallest absolute Gasteiger partial charge is 0.276 e. The number of phenolic OH excluding ortho intramolecular Hbond substituents is 1. The molecular weight excluding hydrogens is 594 g/mol. The van der Waals surface area contributed by atoms with Crippen LogP contribution in [0.5, 0.6) is 5.75 Å². The molecule has 1 aromatic heterocycles. The van der Waals surface area contributed by atoms with Gasteiger partial charge in [0, 0.05) is 31.8 Å². The molecule has 0 bridgehead atoms. The molecule has 3 amide bonds. The van der Waals surface area contributed by atoms with Crippen LogP contribution in [0.15, 0.2) is 36.3 Å². The highest BCUT2D eigenvalue weighted by Crippen LogP contribution is 2.37. The molecule has 0 aliphatic carbocycles. The number of carbonyl (C=O) groups is 3. The van der Waals surface area contributed by atoms with E-state index in [1.807, 2.05) is 34.6 Å². The lowest BCUT2D eigenvalue weighted by atomic mass is 9.85. The second kappa shape index (κ2) is 13.6. The van der Waals surface area contributed by atoms with Crippen molar-refractivity contribution < 1.29 is 29.4 Å². The van der Waals surface area contributed by atoms with E-state index in [1.54, 1.807) is 35.4 Å². The molecule has 0 spiro atoms. The van der Waals surface area contributed by atoms with Crippen LogP contribution in [0.2, 0.25) is 0 Å². The Hall–Kier alpha value is -3.32. The van der Waals surface area contributed by atoms with Crippen molar-refractivity contribution in [1.82, 2.24) is 24.7 Å². The Morgan fingerprint density at radius 2 is 1.98 bits per heavy atom. The first kappa shape index (κ1) is 33.1. The van der Waals surface area contributed by atoms with Crippen molar-refractivity contribution >= 4 is 45.4 Å². The highest BCUT2D eigenvalue weighted by atomic mass is 32.1. The molecule has 2 aromatic rings. The molecule has 0 radical (unpaired) electrons. The van der Waals surface area contributed by atoms with Crippen LogP contribution in [0, 0.1) is 11.3 Å². The van der Waals surface area contributed by atoms with Crippen LogP contribution in [0.3, 0.4) is 0 Å². The number of fused-ring (bicyclic) bond motifs is 2. The lowest BCUT2D eigenvalue weighted by Gasteiger charge is -2.49. The molecule has 2 fully saturated rings. The average molecular weight is 640 g/mol. The third kappa shape index (κ3) is 7.57. The number of hydroxylamine groups is 2. The number of thiazole rings is 1. The number of unbranched alkanes of at least 4 members (excludes halogenated alkanes) is 1. The van der Waals surface area contributed by atoms with Crippen molar-refractivity contribution in [2.24, 2.45) is 11.3 Å². The number of aromatic nitrogens is 1. The number of aromatic hydroxyl groups is 1. The van der Waals surface area contributed by atoms with Gasteiger partial charge in [-0.25, -0.2) is 4.98 Å². The third-order valence-electron chi connectivity index (χ3n) is 8.28. The standard InChI is InChI=1S/C33H45N5O6S/c1-21(2)16-26-32(43)37-25(18-33(3,4)5)31(42)36(22-12-14-35(19-22)13-6-7-15-39)20-29(37)38(44-26)30(41)11-10-28-34-24-17-23(40)8-9-27(24)45-28/h8-11,17,20-22,25-26,39-40H,6-7,12-16,18-19H2,1-5H3/b11-10+/t22?,25-,26+/m0/s1. The van der Waals surface area contributed by atoms with Gasteiger partial charge in [0.1, 0.15) is 16.8 Å². The van der Waals surface area contributed by atoms with E-state index in [-0.39, 0.29) is 47.4 Å². The molecule has 45 heavy (non-hydrogen) atoms. The zero-order valence-corrected chi connectivity index (χ0v) is 27.6. The minimum absolute atomic E-state index is 0.112. The predicted octanol–water partition coefficient (Wildman–Crippen LogP) is 4.32. The molecule has 244 valence electrons. The molecule has 11 nitrogen and oxygen atoms in total. The molecule has 3 aliphatic rings. The van der Waals surface area contributed by atoms with Crippen LogP contribution in [-0.2, 0) is 19.2 Å². The lowest BCUT2D eigenvalue weighted by Crippen LogP contribution is -2.64. The Bertz CT molecular complexity index is 1480. The van der Waals surface area contributed by atoms with Crippen LogP contribution in [0.25, 0.3) is 16.3 Å². The largest absolute Gasteiger partial charge is 0.508 e. The van der Waals surface area contributed by atoms with Crippen molar-refractivity contribution in [1.29, 1.82) is 0 Å². The van der Waals surface area contributed by atoms with Crippen LogP contribution in [0.4, 0.5) is 0 Å². The summed E-state index contributed by atoms with van der Waals surface area (Å²) in [6.07, 6.45) is 6.87. The summed E-state index contributed by atoms with van der Waals surface area (Å²) in [4.78, 5) is 58.3. The Balaban J connectivity index is 1.49. The van der Waals surface area contributed by atoms with Crippen molar-refractivity contribution in [2.75, 3.05) is 26.2 Å². The summed E-state index contributed by atoms with van der Waals surface area (Å²) in [5.41, 5.74) is 0.356. The topological polar surface area (TPSA) is 127 Å². The van der Waals surface area contributed by atoms with Crippen LogP contribution >= 0.6 is 11.3 Å². The normalized spacial score (nSPS) is 23.1. The number of carbonyl (C=O) groups excluding carboxylic acids is 3. The number of amides is 3. The maximum atomic E-state index is 14.2. The summed E-state index contributed by atoms with van der Waals surface area (Å²) in [7, 11) is 0. The quantitative estimate of drug-likeness (QED) is 0.291. The van der Waals surface area contributed by atoms with Gasteiger partial charge in [0.15, 0.2) is 11.9 Å². The van der Waals surface area contributed by atoms with Gasteiger partial charge in [-0.3, -0.25) is 24.1 Å². The molecule has 2 saturated heterocycles. The molecule has 1 unspecified atom stereocenters. The number of hydrogen-bond donors (Lipinski definition) is 2. The monoisotopic (exact) mass is 639 g/mol. The van der Waals surface area contributed by atoms with E-state index in [0.29, 0.717) is 29.9 Å². The zero-order chi connectivity index (χ0) is 32.5. The highest BCUT2D eigenvalue weighted by molar-refractivity contribution is 7.19. The van der Waals surface area contributed by atoms with Gasteiger partial charge < -0.3 is 20.0 Å². The Labute approximate surface area is 268 Å². The van der Waals surface area contributed by atoms with Gasteiger partial charge in [0.05, 0.1) is 22.5 Å². The molecule has 4 heterocycles. The van der Waals surface area contributed by atoms with E-state index < -0.39 is 18.1 Å². The number of likely N-dealkylation sites (tertiary alicyclic amines) is 1. The molecule has 0 saturated carbocycles. The summed E-state index contributed by atoms with van der Waals surface area (Å²) in [5, 5.41) is 20.8. The Kier molecular flexibility index (Phi) is 9.97. The van der Waals surface area contributed by atoms with E-state index in [9.17, 15) is 24.6 Å². The van der Waals surface area contributed by atoms with E-state index >= 15 is 0 Å². The average Bonchev–Trinajstić information content (AvgIpc) is 3.60. The Morgan fingerprint density at radius 1 is 1.20 bits per heavy atom. The fourth-order valence-electron chi connectivity index (χ4n) is 6.18. The van der Waals surface area contributed by atoms with Gasteiger partial charge in [-0.15, -0.1) is 11.3 Å². The van der Waals surface area contributed by atoms with E-state index in [2.05, 4.69) is 9.88 Å². The van der Waals surface area contributed by atoms with Gasteiger partial charge in [-0.1, -0.05) is 34.6 Å². The fourth-order valence-corrected chi connectivity index (χ4v) is 7.03. The molecule has 5 rings (SSSR count). The van der Waals surface area contributed by atoms with Crippen LogP contribution < -0.4 is 0 Å². The van der Waals surface area contributed by atoms with E-state index in [4.69, 9.17) is 4.84 Å². The fraction of sp³-hybridized carbons (Fsp3) is 0.576. The summed E-state index contributed by atoms with van der Waals surface area (Å²) < 4.78 is 0.874. The third-order valence-corrected chi connectivity index (χ3v) is 9.28. The molecule has 3 atom stereocenters. The number of aliphatic hydroxyl groups excluding tert-OH is 1. The molecule has 12 heteroatoms. The number of aliphatic hydroxyl groups is 1. The van der Waals surface area contributed by atoms with Crippen LogP contribution in [-0.4, -0.2) is 97.1 Å². The first-order valence-electron chi connectivity index (χ1n) is 15.8. The van der Waals surface area contributed by atoms with Crippen molar-refractivity contribution in [3.63, 3.8) is 0 Å². The van der Waals surface area contributed by atoms with Crippen molar-refractivity contribution in [3.05, 3.63) is 41.3 Å². The number of phenols is 1. The lowest BCUT2D eigenvalue weighted by molar-refractivity contribution is -0.226. The number of nitrogens with zero attached hydrogens (tertiary/aromatic N) is 5. The maximum absolute atomic E-state index is 14.2. The summed E-state index contributed by atoms with van der Waals surface area (Å²) in [5.74, 6) is -0.467. The van der Waals surface area contributed by atoms with Crippen LogP contribution in [0.1, 0.15) is 71.7 Å². The number of hydrogen-bond acceptors (Lipinski definition) is 9. The second-order valence-corrected chi connectivity index (χ2v) is 14.9. The number of rotatable bonds is 10. The SMILES string of the molecule is CC(C)C[C@H]1ON(C(=O)/C=C/c2nc3cc(O)ccc3s2)C2=CN(C3CCN(CCCCO)C3)C(=O)[C@H](CC(C)(C)C)N2C1=O. The van der Waals surface area contributed by atoms with Gasteiger partial charge in [-0.05, 0) is 68.2 Å². The minimum atomic E-state index is -0.916. The molecule has 2 N–H and O–H groups in total. The van der Waals surface area contributed by atoms with E-state index in [1.165, 1.54) is 27.4 Å². The van der Waals surface area contributed by atoms with Crippen molar-refractivity contribution in [3.8, 4) is 5.75 Å². The first-order chi connectivity index (χ1) is 21.3. The maximum Gasteiger partial charge on any atom is 0.276 e. The second-order valence-electron chi connectivity index (χ2n) is 13.8. The van der Waals surface area contributed by atoms with Gasteiger partial charge in [-0.2, -0.15) is 5.06 Å². The number of benzene rings is 1. The summed E-state index contributed by atoms with van der Waals surface area (Å²) in [6.45, 7) is 12.6. The van der Waals surface area contributed by atoms with E-state index in [0.717, 1.165) is 37.1 Å². The summed E-state index contributed by atoms with van der Waals surface area (Å²) >= 11 is 1.39. The minimum Gasteiger partial charge on any atom is -0.508 e. The highest BCUT2D eigenvalue weighted by Gasteiger charge is 2.51.